The highest BCUT2D eigenvalue weighted by molar-refractivity contribution is 6.33. The van der Waals surface area contributed by atoms with Gasteiger partial charge in [0.25, 0.3) is 0 Å². The van der Waals surface area contributed by atoms with Crippen LogP contribution in [0.3, 0.4) is 0 Å². The summed E-state index contributed by atoms with van der Waals surface area (Å²) in [5.41, 5.74) is 3.36. The van der Waals surface area contributed by atoms with E-state index in [2.05, 4.69) is 10.2 Å². The fourth-order valence-corrected chi connectivity index (χ4v) is 1.89. The van der Waals surface area contributed by atoms with Crippen molar-refractivity contribution in [1.82, 2.24) is 10.2 Å². The topological polar surface area (TPSA) is 48.9 Å². The highest BCUT2D eigenvalue weighted by atomic mass is 35.5. The number of halogens is 1. The number of benzene rings is 1. The first-order valence-corrected chi connectivity index (χ1v) is 4.98. The van der Waals surface area contributed by atoms with E-state index in [1.54, 1.807) is 0 Å². The zero-order valence-corrected chi connectivity index (χ0v) is 9.26. The summed E-state index contributed by atoms with van der Waals surface area (Å²) in [7, 11) is 0. The van der Waals surface area contributed by atoms with Crippen LogP contribution in [0.1, 0.15) is 11.3 Å². The van der Waals surface area contributed by atoms with E-state index in [1.807, 2.05) is 32.0 Å². The lowest BCUT2D eigenvalue weighted by Crippen LogP contribution is -1.82. The monoisotopic (exact) mass is 222 g/mol. The normalized spacial score (nSPS) is 10.6. The molecule has 0 aliphatic carbocycles. The molecule has 0 bridgehead atoms. The summed E-state index contributed by atoms with van der Waals surface area (Å²) >= 11 is 6.11. The van der Waals surface area contributed by atoms with Crippen molar-refractivity contribution in [2.24, 2.45) is 0 Å². The molecule has 0 unspecified atom stereocenters. The molecule has 1 aromatic heterocycles. The standard InChI is InChI=1S/C11H11ClN2O/c1-6-3-4-8(9(12)5-6)10-7(2)13-14-11(10)15/h3-5H,1-2H3,(H2,13,14,15). The molecule has 2 N–H and O–H groups in total. The Morgan fingerprint density at radius 1 is 1.33 bits per heavy atom. The summed E-state index contributed by atoms with van der Waals surface area (Å²) in [6.07, 6.45) is 0. The average molecular weight is 223 g/mol. The Morgan fingerprint density at radius 2 is 2.07 bits per heavy atom. The highest BCUT2D eigenvalue weighted by Crippen LogP contribution is 2.35. The average Bonchev–Trinajstić information content (AvgIpc) is 2.48. The summed E-state index contributed by atoms with van der Waals surface area (Å²) in [6.45, 7) is 3.82. The van der Waals surface area contributed by atoms with Gasteiger partial charge in [-0.2, -0.15) is 0 Å². The number of nitrogens with one attached hydrogen (secondary N) is 1. The number of aromatic hydroxyl groups is 1. The van der Waals surface area contributed by atoms with Gasteiger partial charge in [-0.15, -0.1) is 5.10 Å². The number of aryl methyl sites for hydroxylation is 2. The first-order chi connectivity index (χ1) is 7.09. The van der Waals surface area contributed by atoms with Crippen molar-refractivity contribution < 1.29 is 5.11 Å². The van der Waals surface area contributed by atoms with Crippen molar-refractivity contribution in [3.8, 4) is 17.0 Å². The molecular formula is C11H11ClN2O. The summed E-state index contributed by atoms with van der Waals surface area (Å²) in [4.78, 5) is 0. The number of hydrogen-bond acceptors (Lipinski definition) is 2. The maximum Gasteiger partial charge on any atom is 0.238 e. The van der Waals surface area contributed by atoms with Gasteiger partial charge in [0.15, 0.2) is 0 Å². The molecule has 1 aromatic carbocycles. The van der Waals surface area contributed by atoms with Crippen molar-refractivity contribution >= 4 is 11.6 Å². The number of H-pyrrole nitrogens is 1. The van der Waals surface area contributed by atoms with Gasteiger partial charge < -0.3 is 5.11 Å². The Morgan fingerprint density at radius 3 is 2.60 bits per heavy atom. The largest absolute Gasteiger partial charge is 0.492 e. The molecule has 0 atom stereocenters. The molecule has 0 saturated heterocycles. The molecule has 15 heavy (non-hydrogen) atoms. The Labute approximate surface area is 92.7 Å². The molecule has 0 saturated carbocycles. The van der Waals surface area contributed by atoms with Crippen LogP contribution in [0.2, 0.25) is 5.02 Å². The van der Waals surface area contributed by atoms with E-state index in [-0.39, 0.29) is 5.88 Å². The van der Waals surface area contributed by atoms with Gasteiger partial charge in [-0.3, -0.25) is 5.10 Å². The smallest absolute Gasteiger partial charge is 0.238 e. The lowest BCUT2D eigenvalue weighted by molar-refractivity contribution is 0.454. The molecule has 2 aromatic rings. The van der Waals surface area contributed by atoms with E-state index >= 15 is 0 Å². The van der Waals surface area contributed by atoms with Gasteiger partial charge in [0.2, 0.25) is 5.88 Å². The van der Waals surface area contributed by atoms with Crippen molar-refractivity contribution in [2.45, 2.75) is 13.8 Å². The first kappa shape index (κ1) is 10.1. The van der Waals surface area contributed by atoms with Crippen LogP contribution in [-0.4, -0.2) is 15.3 Å². The molecule has 4 heteroatoms. The molecule has 0 amide bonds. The Balaban J connectivity index is 2.64. The summed E-state index contributed by atoms with van der Waals surface area (Å²) in [6, 6.07) is 5.70. The Kier molecular flexibility index (Phi) is 2.40. The minimum Gasteiger partial charge on any atom is -0.492 e. The van der Waals surface area contributed by atoms with Gasteiger partial charge >= 0.3 is 0 Å². The first-order valence-electron chi connectivity index (χ1n) is 4.60. The molecule has 3 nitrogen and oxygen atoms in total. The molecule has 1 heterocycles. The SMILES string of the molecule is Cc1ccc(-c2c(O)n[nH]c2C)c(Cl)c1. The third-order valence-corrected chi connectivity index (χ3v) is 2.63. The minimum absolute atomic E-state index is 0.0155. The second kappa shape index (κ2) is 3.59. The quantitative estimate of drug-likeness (QED) is 0.779. The van der Waals surface area contributed by atoms with E-state index in [1.165, 1.54) is 0 Å². The Bertz CT molecular complexity index is 486. The van der Waals surface area contributed by atoms with Crippen molar-refractivity contribution in [1.29, 1.82) is 0 Å². The van der Waals surface area contributed by atoms with Gasteiger partial charge in [0, 0.05) is 16.3 Å². The second-order valence-electron chi connectivity index (χ2n) is 3.53. The number of hydrogen-bond donors (Lipinski definition) is 2. The highest BCUT2D eigenvalue weighted by Gasteiger charge is 2.14. The predicted molar refractivity (Wildman–Crippen MR) is 60.2 cm³/mol. The van der Waals surface area contributed by atoms with Crippen LogP contribution in [0, 0.1) is 13.8 Å². The van der Waals surface area contributed by atoms with E-state index in [4.69, 9.17) is 11.6 Å². The molecule has 0 spiro atoms. The van der Waals surface area contributed by atoms with Crippen molar-refractivity contribution in [3.63, 3.8) is 0 Å². The third-order valence-electron chi connectivity index (χ3n) is 2.32. The molecule has 0 aliphatic rings. The van der Waals surface area contributed by atoms with Gasteiger partial charge in [0.1, 0.15) is 0 Å². The van der Waals surface area contributed by atoms with Crippen LogP contribution in [0.4, 0.5) is 0 Å². The second-order valence-corrected chi connectivity index (χ2v) is 3.94. The fourth-order valence-electron chi connectivity index (χ4n) is 1.56. The van der Waals surface area contributed by atoms with Crippen LogP contribution in [-0.2, 0) is 0 Å². The van der Waals surface area contributed by atoms with Crippen LogP contribution < -0.4 is 0 Å². The summed E-state index contributed by atoms with van der Waals surface area (Å²) in [5.74, 6) is -0.0155. The van der Waals surface area contributed by atoms with Gasteiger partial charge in [0.05, 0.1) is 5.56 Å². The molecule has 2 rings (SSSR count). The fraction of sp³-hybridized carbons (Fsp3) is 0.182. The molecule has 0 aliphatic heterocycles. The van der Waals surface area contributed by atoms with Crippen molar-refractivity contribution in [2.75, 3.05) is 0 Å². The predicted octanol–water partition coefficient (Wildman–Crippen LogP) is 3.05. The van der Waals surface area contributed by atoms with E-state index in [9.17, 15) is 5.11 Å². The zero-order chi connectivity index (χ0) is 11.0. The van der Waals surface area contributed by atoms with E-state index in [0.717, 1.165) is 16.8 Å². The van der Waals surface area contributed by atoms with E-state index in [0.29, 0.717) is 10.6 Å². The summed E-state index contributed by atoms with van der Waals surface area (Å²) in [5, 5.41) is 16.6. The van der Waals surface area contributed by atoms with Gasteiger partial charge in [-0.25, -0.2) is 0 Å². The maximum absolute atomic E-state index is 9.58. The molecular weight excluding hydrogens is 212 g/mol. The van der Waals surface area contributed by atoms with Crippen LogP contribution in [0.5, 0.6) is 5.88 Å². The minimum atomic E-state index is -0.0155. The lowest BCUT2D eigenvalue weighted by Gasteiger charge is -2.04. The molecule has 78 valence electrons. The van der Waals surface area contributed by atoms with Gasteiger partial charge in [-0.1, -0.05) is 23.7 Å². The van der Waals surface area contributed by atoms with Gasteiger partial charge in [-0.05, 0) is 25.5 Å². The molecule has 0 fully saturated rings. The lowest BCUT2D eigenvalue weighted by atomic mass is 10.0. The zero-order valence-electron chi connectivity index (χ0n) is 8.50. The van der Waals surface area contributed by atoms with Crippen molar-refractivity contribution in [3.05, 3.63) is 34.5 Å². The van der Waals surface area contributed by atoms with Crippen LogP contribution in [0.15, 0.2) is 18.2 Å². The molecule has 0 radical (unpaired) electrons. The Hall–Kier alpha value is -1.48. The number of rotatable bonds is 1. The number of nitrogens with zero attached hydrogens (tertiary/aromatic N) is 1. The third kappa shape index (κ3) is 1.70. The number of aromatic amines is 1. The van der Waals surface area contributed by atoms with Crippen LogP contribution in [0.25, 0.3) is 11.1 Å². The van der Waals surface area contributed by atoms with E-state index < -0.39 is 0 Å². The number of aromatic nitrogens is 2. The van der Waals surface area contributed by atoms with Crippen LogP contribution >= 0.6 is 11.6 Å². The summed E-state index contributed by atoms with van der Waals surface area (Å²) < 4.78 is 0. The maximum atomic E-state index is 9.58.